The molecule has 3 rings (SSSR count). The van der Waals surface area contributed by atoms with E-state index >= 15 is 0 Å². The molecule has 2 aromatic heterocycles. The highest BCUT2D eigenvalue weighted by molar-refractivity contribution is 7.88. The first-order valence-electron chi connectivity index (χ1n) is 9.29. The van der Waals surface area contributed by atoms with Crippen LogP contribution in [0.1, 0.15) is 39.7 Å². The number of piperidine rings is 1. The van der Waals surface area contributed by atoms with Crippen LogP contribution in [-0.2, 0) is 10.0 Å². The van der Waals surface area contributed by atoms with Gasteiger partial charge >= 0.3 is 0 Å². The van der Waals surface area contributed by atoms with Crippen molar-refractivity contribution in [2.24, 2.45) is 0 Å². The van der Waals surface area contributed by atoms with E-state index in [0.29, 0.717) is 42.9 Å². The summed E-state index contributed by atoms with van der Waals surface area (Å²) < 4.78 is 26.2. The average Bonchev–Trinajstić information content (AvgIpc) is 2.60. The minimum atomic E-state index is -3.17. The maximum Gasteiger partial charge on any atom is 0.252 e. The second-order valence-corrected chi connectivity index (χ2v) is 9.91. The van der Waals surface area contributed by atoms with Crippen LogP contribution >= 0.6 is 0 Å². The Labute approximate surface area is 164 Å². The fraction of sp³-hybridized carbons (Fsp3) is 0.611. The molecule has 1 saturated heterocycles. The predicted octanol–water partition coefficient (Wildman–Crippen LogP) is 0.959. The number of anilines is 1. The number of hydrogen-bond acceptors (Lipinski definition) is 7. The molecule has 1 aliphatic heterocycles. The quantitative estimate of drug-likeness (QED) is 0.755. The Morgan fingerprint density at radius 1 is 1.29 bits per heavy atom. The van der Waals surface area contributed by atoms with E-state index in [1.165, 1.54) is 21.2 Å². The SMILES string of the molecule is C[C@@H](n1c(=O)ccc2cnc(NC3CCN(S(C)(=O)=O)CC3)nc21)C(C)(C)O. The molecule has 2 aromatic rings. The van der Waals surface area contributed by atoms with Gasteiger partial charge in [-0.15, -0.1) is 0 Å². The lowest BCUT2D eigenvalue weighted by atomic mass is 10.0. The van der Waals surface area contributed by atoms with Gasteiger partial charge in [0.25, 0.3) is 5.56 Å². The standard InChI is InChI=1S/C18H27N5O4S/c1-12(18(2,3)25)23-15(24)6-5-13-11-19-17(21-16(13)23)20-14-7-9-22(10-8-14)28(4,26)27/h5-6,11-12,14,25H,7-10H2,1-4H3,(H,19,20,21)/t12-/m1/s1. The molecule has 3 heterocycles. The maximum absolute atomic E-state index is 12.5. The van der Waals surface area contributed by atoms with Crippen molar-refractivity contribution in [3.8, 4) is 0 Å². The van der Waals surface area contributed by atoms with E-state index < -0.39 is 21.7 Å². The van der Waals surface area contributed by atoms with Crippen LogP contribution in [0.5, 0.6) is 0 Å². The molecule has 2 N–H and O–H groups in total. The van der Waals surface area contributed by atoms with Gasteiger partial charge in [-0.1, -0.05) is 0 Å². The van der Waals surface area contributed by atoms with E-state index in [-0.39, 0.29) is 11.6 Å². The fourth-order valence-corrected chi connectivity index (χ4v) is 4.19. The molecule has 1 atom stereocenters. The van der Waals surface area contributed by atoms with Crippen LogP contribution in [0.4, 0.5) is 5.95 Å². The van der Waals surface area contributed by atoms with Crippen molar-refractivity contribution in [3.05, 3.63) is 28.7 Å². The molecule has 0 spiro atoms. The van der Waals surface area contributed by atoms with Gasteiger partial charge in [0.1, 0.15) is 5.65 Å². The van der Waals surface area contributed by atoms with Crippen molar-refractivity contribution in [1.29, 1.82) is 0 Å². The zero-order valence-electron chi connectivity index (χ0n) is 16.6. The second-order valence-electron chi connectivity index (χ2n) is 7.92. The molecule has 0 unspecified atom stereocenters. The molecule has 28 heavy (non-hydrogen) atoms. The number of sulfonamides is 1. The lowest BCUT2D eigenvalue weighted by Crippen LogP contribution is -2.42. The van der Waals surface area contributed by atoms with Crippen molar-refractivity contribution < 1.29 is 13.5 Å². The first kappa shape index (κ1) is 20.7. The van der Waals surface area contributed by atoms with Gasteiger partial charge in [-0.2, -0.15) is 4.98 Å². The summed E-state index contributed by atoms with van der Waals surface area (Å²) in [5, 5.41) is 14.3. The van der Waals surface area contributed by atoms with Gasteiger partial charge in [0.15, 0.2) is 0 Å². The largest absolute Gasteiger partial charge is 0.388 e. The van der Waals surface area contributed by atoms with Gasteiger partial charge in [-0.3, -0.25) is 9.36 Å². The van der Waals surface area contributed by atoms with Crippen molar-refractivity contribution >= 4 is 27.0 Å². The summed E-state index contributed by atoms with van der Waals surface area (Å²) in [4.78, 5) is 21.3. The summed E-state index contributed by atoms with van der Waals surface area (Å²) >= 11 is 0. The molecule has 0 aliphatic carbocycles. The maximum atomic E-state index is 12.5. The normalized spacial score (nSPS) is 18.3. The minimum Gasteiger partial charge on any atom is -0.388 e. The number of aliphatic hydroxyl groups is 1. The van der Waals surface area contributed by atoms with Crippen LogP contribution in [0, 0.1) is 0 Å². The van der Waals surface area contributed by atoms with Gasteiger partial charge < -0.3 is 10.4 Å². The predicted molar refractivity (Wildman–Crippen MR) is 108 cm³/mol. The monoisotopic (exact) mass is 409 g/mol. The number of rotatable bonds is 5. The third kappa shape index (κ3) is 4.34. The number of fused-ring (bicyclic) bond motifs is 1. The molecule has 0 amide bonds. The molecule has 1 fully saturated rings. The van der Waals surface area contributed by atoms with E-state index in [4.69, 9.17) is 0 Å². The van der Waals surface area contributed by atoms with Gasteiger partial charge in [-0.05, 0) is 39.7 Å². The number of hydrogen-bond donors (Lipinski definition) is 2. The van der Waals surface area contributed by atoms with Crippen LogP contribution < -0.4 is 10.9 Å². The Hall–Kier alpha value is -2.04. The lowest BCUT2D eigenvalue weighted by molar-refractivity contribution is 0.0307. The van der Waals surface area contributed by atoms with Crippen LogP contribution in [0.15, 0.2) is 23.1 Å². The number of nitrogens with zero attached hydrogens (tertiary/aromatic N) is 4. The molecule has 0 bridgehead atoms. The highest BCUT2D eigenvalue weighted by atomic mass is 32.2. The Morgan fingerprint density at radius 3 is 2.50 bits per heavy atom. The van der Waals surface area contributed by atoms with Crippen molar-refractivity contribution in [2.45, 2.75) is 51.3 Å². The van der Waals surface area contributed by atoms with Crippen molar-refractivity contribution in [1.82, 2.24) is 18.8 Å². The van der Waals surface area contributed by atoms with Crippen LogP contribution in [0.3, 0.4) is 0 Å². The van der Waals surface area contributed by atoms with Crippen LogP contribution in [-0.4, -0.2) is 63.4 Å². The van der Waals surface area contributed by atoms with Crippen molar-refractivity contribution in [2.75, 3.05) is 24.7 Å². The summed E-state index contributed by atoms with van der Waals surface area (Å²) in [7, 11) is -3.17. The van der Waals surface area contributed by atoms with E-state index in [0.717, 1.165) is 0 Å². The van der Waals surface area contributed by atoms with E-state index in [1.54, 1.807) is 33.0 Å². The average molecular weight is 410 g/mol. The molecule has 9 nitrogen and oxygen atoms in total. The van der Waals surface area contributed by atoms with Gasteiger partial charge in [0.2, 0.25) is 16.0 Å². The summed E-state index contributed by atoms with van der Waals surface area (Å²) in [6, 6.07) is 2.68. The van der Waals surface area contributed by atoms with Crippen LogP contribution in [0.2, 0.25) is 0 Å². The number of pyridine rings is 1. The van der Waals surface area contributed by atoms with Gasteiger partial charge in [-0.25, -0.2) is 17.7 Å². The van der Waals surface area contributed by atoms with Gasteiger partial charge in [0.05, 0.1) is 17.9 Å². The van der Waals surface area contributed by atoms with Gasteiger partial charge in [0, 0.05) is 36.8 Å². The zero-order chi connectivity index (χ0) is 20.7. The Kier molecular flexibility index (Phi) is 5.48. The minimum absolute atomic E-state index is 0.0473. The summed E-state index contributed by atoms with van der Waals surface area (Å²) in [6.45, 7) is 5.98. The van der Waals surface area contributed by atoms with E-state index in [1.807, 2.05) is 0 Å². The topological polar surface area (TPSA) is 117 Å². The van der Waals surface area contributed by atoms with Crippen molar-refractivity contribution in [3.63, 3.8) is 0 Å². The molecule has 0 saturated carbocycles. The Balaban J connectivity index is 1.87. The Bertz CT molecular complexity index is 1020. The first-order valence-corrected chi connectivity index (χ1v) is 11.1. The smallest absolute Gasteiger partial charge is 0.252 e. The highest BCUT2D eigenvalue weighted by Gasteiger charge is 2.27. The molecule has 1 aliphatic rings. The first-order chi connectivity index (χ1) is 13.0. The molecule has 154 valence electrons. The van der Waals surface area contributed by atoms with E-state index in [2.05, 4.69) is 15.3 Å². The number of aromatic nitrogens is 3. The molecular weight excluding hydrogens is 382 g/mol. The second kappa shape index (κ2) is 7.41. The molecule has 0 radical (unpaired) electrons. The molecular formula is C18H27N5O4S. The fourth-order valence-electron chi connectivity index (χ4n) is 3.31. The Morgan fingerprint density at radius 2 is 1.93 bits per heavy atom. The molecule has 10 heteroatoms. The molecule has 0 aromatic carbocycles. The zero-order valence-corrected chi connectivity index (χ0v) is 17.4. The number of nitrogens with one attached hydrogen (secondary N) is 1. The summed E-state index contributed by atoms with van der Waals surface area (Å²) in [6.07, 6.45) is 4.16. The summed E-state index contributed by atoms with van der Waals surface area (Å²) in [5.74, 6) is 0.382. The summed E-state index contributed by atoms with van der Waals surface area (Å²) in [5.41, 5.74) is -0.892. The van der Waals surface area contributed by atoms with E-state index in [9.17, 15) is 18.3 Å². The third-order valence-corrected chi connectivity index (χ3v) is 6.64. The third-order valence-electron chi connectivity index (χ3n) is 5.33. The lowest BCUT2D eigenvalue weighted by Gasteiger charge is -2.31. The van der Waals surface area contributed by atoms with Crippen LogP contribution in [0.25, 0.3) is 11.0 Å². The highest BCUT2D eigenvalue weighted by Crippen LogP contribution is 2.24.